The summed E-state index contributed by atoms with van der Waals surface area (Å²) < 4.78 is 5.65. The minimum absolute atomic E-state index is 0.128. The van der Waals surface area contributed by atoms with Gasteiger partial charge in [0.15, 0.2) is 0 Å². The maximum Gasteiger partial charge on any atom is 0.242 e. The second-order valence-corrected chi connectivity index (χ2v) is 7.97. The Bertz CT molecular complexity index is 859. The first-order chi connectivity index (χ1) is 14.3. The van der Waals surface area contributed by atoms with E-state index in [1.807, 2.05) is 6.92 Å². The number of benzene rings is 2. The largest absolute Gasteiger partial charge is 0.494 e. The molecule has 5 nitrogen and oxygen atoms in total. The number of likely N-dealkylation sites (N-methyl/N-ethyl adjacent to an activating group) is 1. The van der Waals surface area contributed by atoms with Crippen molar-refractivity contribution in [2.75, 3.05) is 13.7 Å². The highest BCUT2D eigenvalue weighted by Gasteiger charge is 2.27. The maximum atomic E-state index is 13.0. The van der Waals surface area contributed by atoms with Gasteiger partial charge in [-0.15, -0.1) is 0 Å². The Morgan fingerprint density at radius 1 is 1.07 bits per heavy atom. The van der Waals surface area contributed by atoms with E-state index in [0.717, 1.165) is 5.56 Å². The molecule has 1 N–H and O–H groups in total. The summed E-state index contributed by atoms with van der Waals surface area (Å²) in [6.45, 7) is 2.52. The van der Waals surface area contributed by atoms with Crippen LogP contribution in [0.4, 0.5) is 0 Å². The third-order valence-corrected chi connectivity index (χ3v) is 5.58. The van der Waals surface area contributed by atoms with Gasteiger partial charge in [0, 0.05) is 25.0 Å². The first-order valence-corrected chi connectivity index (χ1v) is 10.8. The van der Waals surface area contributed by atoms with Crippen LogP contribution in [0, 0.1) is 0 Å². The summed E-state index contributed by atoms with van der Waals surface area (Å²) in [7, 11) is 1.56. The SMILES string of the molecule is CC[C@@H](C(=O)NC)N(Cc1ccc(Cl)c(Cl)c1)C(=O)CCCOc1ccc(Cl)cc1. The van der Waals surface area contributed by atoms with Gasteiger partial charge in [0.05, 0.1) is 16.7 Å². The van der Waals surface area contributed by atoms with E-state index in [0.29, 0.717) is 40.3 Å². The molecule has 0 aliphatic carbocycles. The molecule has 0 fully saturated rings. The van der Waals surface area contributed by atoms with Gasteiger partial charge in [-0.05, 0) is 54.8 Å². The van der Waals surface area contributed by atoms with Gasteiger partial charge in [0.2, 0.25) is 11.8 Å². The Morgan fingerprint density at radius 3 is 2.37 bits per heavy atom. The summed E-state index contributed by atoms with van der Waals surface area (Å²) in [5.74, 6) is 0.357. The normalized spacial score (nSPS) is 11.6. The van der Waals surface area contributed by atoms with Crippen LogP contribution in [-0.2, 0) is 16.1 Å². The smallest absolute Gasteiger partial charge is 0.242 e. The van der Waals surface area contributed by atoms with Gasteiger partial charge < -0.3 is 15.0 Å². The van der Waals surface area contributed by atoms with E-state index >= 15 is 0 Å². The number of carbonyl (C=O) groups is 2. The number of nitrogens with one attached hydrogen (secondary N) is 1. The highest BCUT2D eigenvalue weighted by molar-refractivity contribution is 6.42. The van der Waals surface area contributed by atoms with Crippen molar-refractivity contribution in [3.05, 3.63) is 63.1 Å². The molecular formula is C22H25Cl3N2O3. The van der Waals surface area contributed by atoms with Crippen molar-refractivity contribution < 1.29 is 14.3 Å². The molecule has 0 saturated heterocycles. The van der Waals surface area contributed by atoms with Crippen LogP contribution in [0.3, 0.4) is 0 Å². The van der Waals surface area contributed by atoms with Gasteiger partial charge >= 0.3 is 0 Å². The molecule has 0 aliphatic heterocycles. The molecule has 0 spiro atoms. The number of carbonyl (C=O) groups excluding carboxylic acids is 2. The lowest BCUT2D eigenvalue weighted by atomic mass is 10.1. The van der Waals surface area contributed by atoms with Crippen LogP contribution in [0.25, 0.3) is 0 Å². The van der Waals surface area contributed by atoms with Crippen molar-refractivity contribution in [3.8, 4) is 5.75 Å². The molecule has 0 unspecified atom stereocenters. The molecule has 0 saturated carbocycles. The van der Waals surface area contributed by atoms with E-state index in [9.17, 15) is 9.59 Å². The third kappa shape index (κ3) is 7.08. The van der Waals surface area contributed by atoms with Crippen LogP contribution in [-0.4, -0.2) is 36.4 Å². The molecule has 1 atom stereocenters. The molecule has 162 valence electrons. The predicted molar refractivity (Wildman–Crippen MR) is 121 cm³/mol. The molecule has 0 heterocycles. The topological polar surface area (TPSA) is 58.6 Å². The number of rotatable bonds is 10. The third-order valence-electron chi connectivity index (χ3n) is 4.59. The summed E-state index contributed by atoms with van der Waals surface area (Å²) >= 11 is 18.0. The van der Waals surface area contributed by atoms with Gasteiger partial charge in [-0.3, -0.25) is 9.59 Å². The number of ether oxygens (including phenoxy) is 1. The summed E-state index contributed by atoms with van der Waals surface area (Å²) in [6.07, 6.45) is 1.26. The zero-order valence-electron chi connectivity index (χ0n) is 17.0. The second kappa shape index (κ2) is 12.0. The highest BCUT2D eigenvalue weighted by Crippen LogP contribution is 2.24. The van der Waals surface area contributed by atoms with Crippen LogP contribution in [0.5, 0.6) is 5.75 Å². The van der Waals surface area contributed by atoms with Crippen LogP contribution in [0.1, 0.15) is 31.7 Å². The molecule has 0 aliphatic rings. The molecule has 0 bridgehead atoms. The number of nitrogens with zero attached hydrogens (tertiary/aromatic N) is 1. The zero-order chi connectivity index (χ0) is 22.1. The Morgan fingerprint density at radius 2 is 1.77 bits per heavy atom. The van der Waals surface area contributed by atoms with E-state index in [1.165, 1.54) is 0 Å². The standard InChI is InChI=1S/C22H25Cl3N2O3/c1-3-20(22(29)26-2)27(14-15-6-11-18(24)19(25)13-15)21(28)5-4-12-30-17-9-7-16(23)8-10-17/h6-11,13,20H,3-5,12,14H2,1-2H3,(H,26,29)/t20-/m0/s1. The quantitative estimate of drug-likeness (QED) is 0.475. The molecule has 2 aromatic rings. The van der Waals surface area contributed by atoms with Gasteiger partial charge in [-0.25, -0.2) is 0 Å². The Kier molecular flexibility index (Phi) is 9.76. The predicted octanol–water partition coefficient (Wildman–Crippen LogP) is 5.36. The van der Waals surface area contributed by atoms with Crippen molar-refractivity contribution in [3.63, 3.8) is 0 Å². The lowest BCUT2D eigenvalue weighted by Crippen LogP contribution is -2.48. The van der Waals surface area contributed by atoms with Crippen molar-refractivity contribution in [2.45, 2.75) is 38.8 Å². The summed E-state index contributed by atoms with van der Waals surface area (Å²) in [4.78, 5) is 26.9. The van der Waals surface area contributed by atoms with E-state index in [-0.39, 0.29) is 24.8 Å². The minimum atomic E-state index is -0.575. The fraction of sp³-hybridized carbons (Fsp3) is 0.364. The van der Waals surface area contributed by atoms with Crippen molar-refractivity contribution >= 4 is 46.6 Å². The van der Waals surface area contributed by atoms with Crippen LogP contribution < -0.4 is 10.1 Å². The zero-order valence-corrected chi connectivity index (χ0v) is 19.2. The van der Waals surface area contributed by atoms with Crippen LogP contribution >= 0.6 is 34.8 Å². The number of halogens is 3. The van der Waals surface area contributed by atoms with Crippen LogP contribution in [0.2, 0.25) is 15.1 Å². The van der Waals surface area contributed by atoms with Crippen molar-refractivity contribution in [1.29, 1.82) is 0 Å². The average molecular weight is 472 g/mol. The molecule has 0 radical (unpaired) electrons. The van der Waals surface area contributed by atoms with Gasteiger partial charge in [0.25, 0.3) is 0 Å². The fourth-order valence-corrected chi connectivity index (χ4v) is 3.46. The maximum absolute atomic E-state index is 13.0. The van der Waals surface area contributed by atoms with E-state index in [2.05, 4.69) is 5.32 Å². The van der Waals surface area contributed by atoms with Crippen molar-refractivity contribution in [1.82, 2.24) is 10.2 Å². The lowest BCUT2D eigenvalue weighted by Gasteiger charge is -2.30. The van der Waals surface area contributed by atoms with E-state index in [1.54, 1.807) is 54.4 Å². The van der Waals surface area contributed by atoms with E-state index in [4.69, 9.17) is 39.5 Å². The number of amides is 2. The molecule has 2 aromatic carbocycles. The average Bonchev–Trinajstić information content (AvgIpc) is 2.74. The monoisotopic (exact) mass is 470 g/mol. The molecule has 0 aromatic heterocycles. The van der Waals surface area contributed by atoms with Gasteiger partial charge in [0.1, 0.15) is 11.8 Å². The number of hydrogen-bond acceptors (Lipinski definition) is 3. The highest BCUT2D eigenvalue weighted by atomic mass is 35.5. The molecule has 30 heavy (non-hydrogen) atoms. The van der Waals surface area contributed by atoms with Gasteiger partial charge in [-0.2, -0.15) is 0 Å². The first-order valence-electron chi connectivity index (χ1n) is 9.69. The lowest BCUT2D eigenvalue weighted by molar-refractivity contribution is -0.141. The summed E-state index contributed by atoms with van der Waals surface area (Å²) in [5.41, 5.74) is 0.803. The first kappa shape index (κ1) is 24.3. The Labute approximate surface area is 192 Å². The molecule has 8 heteroatoms. The molecule has 2 amide bonds. The minimum Gasteiger partial charge on any atom is -0.494 e. The van der Waals surface area contributed by atoms with E-state index < -0.39 is 6.04 Å². The summed E-state index contributed by atoms with van der Waals surface area (Å²) in [5, 5.41) is 4.12. The Hall–Kier alpha value is -1.95. The molecule has 2 rings (SSSR count). The number of hydrogen-bond donors (Lipinski definition) is 1. The van der Waals surface area contributed by atoms with Crippen LogP contribution in [0.15, 0.2) is 42.5 Å². The Balaban J connectivity index is 2.04. The fourth-order valence-electron chi connectivity index (χ4n) is 3.01. The van der Waals surface area contributed by atoms with Crippen molar-refractivity contribution in [2.24, 2.45) is 0 Å². The summed E-state index contributed by atoms with van der Waals surface area (Å²) in [6, 6.07) is 11.7. The molecular weight excluding hydrogens is 447 g/mol. The second-order valence-electron chi connectivity index (χ2n) is 6.71. The van der Waals surface area contributed by atoms with Gasteiger partial charge in [-0.1, -0.05) is 47.8 Å².